The number of hydrogen-bond donors (Lipinski definition) is 2. The zero-order valence-electron chi connectivity index (χ0n) is 11.6. The Morgan fingerprint density at radius 3 is 2.95 bits per heavy atom. The third-order valence-electron chi connectivity index (χ3n) is 3.17. The fourth-order valence-corrected chi connectivity index (χ4v) is 3.82. The molecule has 21 heavy (non-hydrogen) atoms. The highest BCUT2D eigenvalue weighted by atomic mass is 35.5. The van der Waals surface area contributed by atoms with Gasteiger partial charge in [-0.25, -0.2) is 8.42 Å². The van der Waals surface area contributed by atoms with Gasteiger partial charge in [-0.2, -0.15) is 0 Å². The summed E-state index contributed by atoms with van der Waals surface area (Å²) in [6.45, 7) is 0.376. The zero-order chi connectivity index (χ0) is 15.5. The van der Waals surface area contributed by atoms with Crippen LogP contribution in [0.5, 0.6) is 5.75 Å². The van der Waals surface area contributed by atoms with E-state index < -0.39 is 9.84 Å². The summed E-state index contributed by atoms with van der Waals surface area (Å²) in [5, 5.41) is 6.20. The summed E-state index contributed by atoms with van der Waals surface area (Å²) in [5.74, 6) is 0.308. The quantitative estimate of drug-likeness (QED) is 0.861. The van der Waals surface area contributed by atoms with E-state index in [-0.39, 0.29) is 29.9 Å². The summed E-state index contributed by atoms with van der Waals surface area (Å²) in [4.78, 5) is 12.0. The molecule has 1 aromatic rings. The van der Waals surface area contributed by atoms with Gasteiger partial charge in [0.25, 0.3) is 0 Å². The molecule has 1 amide bonds. The second-order valence-electron chi connectivity index (χ2n) is 4.86. The Hall–Kier alpha value is -1.31. The third-order valence-corrected chi connectivity index (χ3v) is 5.14. The van der Waals surface area contributed by atoms with E-state index in [1.54, 1.807) is 18.2 Å². The Morgan fingerprint density at radius 1 is 1.52 bits per heavy atom. The number of sulfone groups is 1. The highest BCUT2D eigenvalue weighted by Gasteiger charge is 2.26. The van der Waals surface area contributed by atoms with Gasteiger partial charge in [-0.15, -0.1) is 0 Å². The number of halogens is 1. The van der Waals surface area contributed by atoms with Gasteiger partial charge in [-0.05, 0) is 18.2 Å². The molecule has 1 fully saturated rings. The number of carbonyl (C=O) groups excluding carboxylic acids is 1. The smallest absolute Gasteiger partial charge is 0.226 e. The van der Waals surface area contributed by atoms with Gasteiger partial charge in [-0.1, -0.05) is 11.6 Å². The molecule has 1 atom stereocenters. The van der Waals surface area contributed by atoms with Crippen molar-refractivity contribution in [2.24, 2.45) is 0 Å². The number of ether oxygens (including phenoxy) is 1. The van der Waals surface area contributed by atoms with Crippen LogP contribution < -0.4 is 15.4 Å². The number of benzene rings is 1. The molecule has 6 nitrogen and oxygen atoms in total. The van der Waals surface area contributed by atoms with Crippen LogP contribution in [0.15, 0.2) is 18.2 Å². The lowest BCUT2D eigenvalue weighted by Crippen LogP contribution is -2.46. The van der Waals surface area contributed by atoms with Gasteiger partial charge in [-0.3, -0.25) is 4.79 Å². The summed E-state index contributed by atoms with van der Waals surface area (Å²) in [7, 11) is -1.56. The largest absolute Gasteiger partial charge is 0.495 e. The zero-order valence-corrected chi connectivity index (χ0v) is 13.1. The fraction of sp³-hybridized carbons (Fsp3) is 0.462. The average Bonchev–Trinajstić information content (AvgIpc) is 2.37. The van der Waals surface area contributed by atoms with Crippen LogP contribution >= 0.6 is 11.6 Å². The molecule has 0 spiro atoms. The lowest BCUT2D eigenvalue weighted by molar-refractivity contribution is -0.116. The second-order valence-corrected chi connectivity index (χ2v) is 7.53. The summed E-state index contributed by atoms with van der Waals surface area (Å²) in [5.41, 5.74) is 0.466. The van der Waals surface area contributed by atoms with Crippen LogP contribution in [0, 0.1) is 0 Å². The van der Waals surface area contributed by atoms with E-state index in [0.717, 1.165) is 0 Å². The molecule has 2 rings (SSSR count). The molecule has 1 aliphatic rings. The van der Waals surface area contributed by atoms with Crippen LogP contribution in [0.2, 0.25) is 5.02 Å². The molecule has 1 heterocycles. The number of rotatable bonds is 4. The lowest BCUT2D eigenvalue weighted by Gasteiger charge is -2.23. The van der Waals surface area contributed by atoms with Gasteiger partial charge in [0.05, 0.1) is 24.3 Å². The molecule has 116 valence electrons. The molecule has 0 aromatic heterocycles. The van der Waals surface area contributed by atoms with Crippen LogP contribution in [-0.4, -0.2) is 45.5 Å². The first-order chi connectivity index (χ1) is 9.89. The van der Waals surface area contributed by atoms with Crippen LogP contribution in [0.1, 0.15) is 6.42 Å². The van der Waals surface area contributed by atoms with Gasteiger partial charge >= 0.3 is 0 Å². The molecule has 1 unspecified atom stereocenters. The topological polar surface area (TPSA) is 84.5 Å². The Bertz CT molecular complexity index is 633. The van der Waals surface area contributed by atoms with Gasteiger partial charge in [0.2, 0.25) is 5.91 Å². The molecule has 0 radical (unpaired) electrons. The predicted octanol–water partition coefficient (Wildman–Crippen LogP) is 1.06. The molecule has 0 saturated carbocycles. The van der Waals surface area contributed by atoms with Crippen molar-refractivity contribution >= 4 is 33.0 Å². The normalized spacial score (nSPS) is 20.8. The van der Waals surface area contributed by atoms with Crippen molar-refractivity contribution in [2.75, 3.05) is 30.5 Å². The first-order valence-corrected chi connectivity index (χ1v) is 8.67. The first kappa shape index (κ1) is 16.1. The molecule has 1 aromatic carbocycles. The Labute approximate surface area is 128 Å². The summed E-state index contributed by atoms with van der Waals surface area (Å²) < 4.78 is 28.2. The maximum absolute atomic E-state index is 12.0. The molecular weight excluding hydrogens is 316 g/mol. The average molecular weight is 333 g/mol. The van der Waals surface area contributed by atoms with E-state index in [1.807, 2.05) is 0 Å². The van der Waals surface area contributed by atoms with E-state index in [0.29, 0.717) is 23.0 Å². The van der Waals surface area contributed by atoms with E-state index in [4.69, 9.17) is 16.3 Å². The van der Waals surface area contributed by atoms with E-state index in [2.05, 4.69) is 10.6 Å². The summed E-state index contributed by atoms with van der Waals surface area (Å²) in [6.07, 6.45) is 0.0783. The Kier molecular flexibility index (Phi) is 5.08. The van der Waals surface area contributed by atoms with E-state index in [9.17, 15) is 13.2 Å². The van der Waals surface area contributed by atoms with Gasteiger partial charge < -0.3 is 15.4 Å². The van der Waals surface area contributed by atoms with Crippen LogP contribution in [0.25, 0.3) is 0 Å². The van der Waals surface area contributed by atoms with Gasteiger partial charge in [0, 0.05) is 24.0 Å². The van der Waals surface area contributed by atoms with E-state index >= 15 is 0 Å². The van der Waals surface area contributed by atoms with E-state index in [1.165, 1.54) is 7.11 Å². The number of carbonyl (C=O) groups is 1. The maximum Gasteiger partial charge on any atom is 0.226 e. The molecule has 8 heteroatoms. The molecular formula is C13H17ClN2O4S. The predicted molar refractivity (Wildman–Crippen MR) is 81.7 cm³/mol. The molecule has 1 aliphatic heterocycles. The SMILES string of the molecule is COc1ccc(Cl)cc1NC(=O)CC1CS(=O)(=O)CCN1. The van der Waals surface area contributed by atoms with Crippen LogP contribution in [-0.2, 0) is 14.6 Å². The van der Waals surface area contributed by atoms with Crippen LogP contribution in [0.4, 0.5) is 5.69 Å². The van der Waals surface area contributed by atoms with Crippen molar-refractivity contribution in [1.82, 2.24) is 5.32 Å². The summed E-state index contributed by atoms with van der Waals surface area (Å²) >= 11 is 5.89. The number of nitrogens with one attached hydrogen (secondary N) is 2. The van der Waals surface area contributed by atoms with Crippen molar-refractivity contribution in [3.05, 3.63) is 23.2 Å². The monoisotopic (exact) mass is 332 g/mol. The third kappa shape index (κ3) is 4.59. The minimum absolute atomic E-state index is 0.0207. The van der Waals surface area contributed by atoms with Crippen molar-refractivity contribution in [1.29, 1.82) is 0 Å². The van der Waals surface area contributed by atoms with Crippen LogP contribution in [0.3, 0.4) is 0 Å². The number of methoxy groups -OCH3 is 1. The molecule has 1 saturated heterocycles. The summed E-state index contributed by atoms with van der Waals surface area (Å²) in [6, 6.07) is 4.53. The van der Waals surface area contributed by atoms with Gasteiger partial charge in [0.15, 0.2) is 9.84 Å². The number of anilines is 1. The standard InChI is InChI=1S/C13H17ClN2O4S/c1-20-12-3-2-9(14)6-11(12)16-13(17)7-10-8-21(18,19)5-4-15-10/h2-3,6,10,15H,4-5,7-8H2,1H3,(H,16,17). The Morgan fingerprint density at radius 2 is 2.29 bits per heavy atom. The lowest BCUT2D eigenvalue weighted by atomic mass is 10.2. The minimum Gasteiger partial charge on any atom is -0.495 e. The number of hydrogen-bond acceptors (Lipinski definition) is 5. The number of amides is 1. The van der Waals surface area contributed by atoms with Crippen molar-refractivity contribution in [2.45, 2.75) is 12.5 Å². The van der Waals surface area contributed by atoms with Crippen molar-refractivity contribution < 1.29 is 17.9 Å². The highest BCUT2D eigenvalue weighted by molar-refractivity contribution is 7.91. The van der Waals surface area contributed by atoms with Gasteiger partial charge in [0.1, 0.15) is 5.75 Å². The molecule has 0 aliphatic carbocycles. The molecule has 0 bridgehead atoms. The maximum atomic E-state index is 12.0. The fourth-order valence-electron chi connectivity index (χ4n) is 2.20. The minimum atomic E-state index is -3.06. The Balaban J connectivity index is 2.00. The van der Waals surface area contributed by atoms with Crippen molar-refractivity contribution in [3.63, 3.8) is 0 Å². The highest BCUT2D eigenvalue weighted by Crippen LogP contribution is 2.27. The first-order valence-electron chi connectivity index (χ1n) is 6.47. The second kappa shape index (κ2) is 6.64. The van der Waals surface area contributed by atoms with Crippen molar-refractivity contribution in [3.8, 4) is 5.75 Å². The molecule has 2 N–H and O–H groups in total.